The minimum absolute atomic E-state index is 0.00472. The Bertz CT molecular complexity index is 1130. The number of nitrogens with one attached hydrogen (secondary N) is 1. The van der Waals surface area contributed by atoms with Crippen molar-refractivity contribution in [2.75, 3.05) is 11.9 Å². The van der Waals surface area contributed by atoms with Crippen LogP contribution in [-0.2, 0) is 10.2 Å². The SMILES string of the molecule is CN1C(=O)[C@]2(C[C@@H](c3ccccc3)N[C@H]2c2ccc([N+](=O)[O-])cc2)c2ccccc21. The second kappa shape index (κ2) is 6.78. The average molecular weight is 399 g/mol. The highest BCUT2D eigenvalue weighted by Gasteiger charge is 2.59. The van der Waals surface area contributed by atoms with E-state index < -0.39 is 10.3 Å². The maximum absolute atomic E-state index is 13.7. The summed E-state index contributed by atoms with van der Waals surface area (Å²) in [7, 11) is 1.82. The number of hydrogen-bond donors (Lipinski definition) is 1. The molecule has 0 aliphatic carbocycles. The molecule has 5 rings (SSSR count). The zero-order valence-electron chi connectivity index (χ0n) is 16.5. The number of anilines is 1. The minimum Gasteiger partial charge on any atom is -0.314 e. The smallest absolute Gasteiger partial charge is 0.269 e. The summed E-state index contributed by atoms with van der Waals surface area (Å²) in [6.07, 6.45) is 0.624. The number of carbonyl (C=O) groups excluding carboxylic acids is 1. The second-order valence-electron chi connectivity index (χ2n) is 7.97. The summed E-state index contributed by atoms with van der Waals surface area (Å²) in [5.41, 5.74) is 3.21. The molecule has 1 fully saturated rings. The average Bonchev–Trinajstić information content (AvgIpc) is 3.28. The molecule has 2 aliphatic heterocycles. The first-order valence-electron chi connectivity index (χ1n) is 9.95. The summed E-state index contributed by atoms with van der Waals surface area (Å²) in [5.74, 6) is 0.0537. The van der Waals surface area contributed by atoms with Gasteiger partial charge in [-0.1, -0.05) is 60.7 Å². The van der Waals surface area contributed by atoms with Crippen LogP contribution in [0.15, 0.2) is 78.9 Å². The van der Waals surface area contributed by atoms with Gasteiger partial charge in [-0.15, -0.1) is 0 Å². The van der Waals surface area contributed by atoms with Crippen LogP contribution in [0.25, 0.3) is 0 Å². The lowest BCUT2D eigenvalue weighted by Gasteiger charge is -2.30. The van der Waals surface area contributed by atoms with E-state index in [1.54, 1.807) is 17.0 Å². The van der Waals surface area contributed by atoms with Crippen LogP contribution in [0.2, 0.25) is 0 Å². The van der Waals surface area contributed by atoms with Crippen LogP contribution in [-0.4, -0.2) is 17.9 Å². The van der Waals surface area contributed by atoms with E-state index in [4.69, 9.17) is 0 Å². The Hall–Kier alpha value is -3.51. The molecule has 6 nitrogen and oxygen atoms in total. The first kappa shape index (κ1) is 18.5. The number of nitro groups is 1. The number of non-ortho nitro benzene ring substituents is 1. The van der Waals surface area contributed by atoms with E-state index in [0.29, 0.717) is 6.42 Å². The number of nitro benzene ring substituents is 1. The molecule has 2 aliphatic rings. The zero-order chi connectivity index (χ0) is 20.9. The zero-order valence-corrected chi connectivity index (χ0v) is 16.5. The van der Waals surface area contributed by atoms with Crippen molar-refractivity contribution >= 4 is 17.3 Å². The number of hydrogen-bond acceptors (Lipinski definition) is 4. The molecule has 1 saturated heterocycles. The van der Waals surface area contributed by atoms with Crippen molar-refractivity contribution in [1.82, 2.24) is 5.32 Å². The summed E-state index contributed by atoms with van der Waals surface area (Å²) in [5, 5.41) is 14.8. The van der Waals surface area contributed by atoms with Crippen LogP contribution in [0.3, 0.4) is 0 Å². The fraction of sp³-hybridized carbons (Fsp3) is 0.208. The molecular formula is C24H21N3O3. The third kappa shape index (κ3) is 2.57. The third-order valence-corrected chi connectivity index (χ3v) is 6.46. The monoisotopic (exact) mass is 399 g/mol. The van der Waals surface area contributed by atoms with Crippen LogP contribution in [0.5, 0.6) is 0 Å². The molecule has 3 atom stereocenters. The maximum Gasteiger partial charge on any atom is 0.269 e. The Morgan fingerprint density at radius 3 is 2.33 bits per heavy atom. The van der Waals surface area contributed by atoms with E-state index in [1.807, 2.05) is 49.5 Å². The molecule has 1 amide bonds. The highest BCUT2D eigenvalue weighted by Crippen LogP contribution is 2.56. The lowest BCUT2D eigenvalue weighted by Crippen LogP contribution is -2.42. The van der Waals surface area contributed by atoms with Crippen molar-refractivity contribution in [3.63, 3.8) is 0 Å². The van der Waals surface area contributed by atoms with E-state index in [9.17, 15) is 14.9 Å². The van der Waals surface area contributed by atoms with Crippen molar-refractivity contribution in [2.45, 2.75) is 23.9 Å². The first-order chi connectivity index (χ1) is 14.5. The number of carbonyl (C=O) groups is 1. The normalized spacial score (nSPS) is 25.0. The summed E-state index contributed by atoms with van der Waals surface area (Å²) in [6.45, 7) is 0. The number of benzene rings is 3. The van der Waals surface area contributed by atoms with E-state index in [1.165, 1.54) is 12.1 Å². The number of likely N-dealkylation sites (N-methyl/N-ethyl adjacent to an activating group) is 1. The lowest BCUT2D eigenvalue weighted by molar-refractivity contribution is -0.384. The Kier molecular flexibility index (Phi) is 4.18. The van der Waals surface area contributed by atoms with Gasteiger partial charge in [0, 0.05) is 30.9 Å². The Balaban J connectivity index is 1.67. The summed E-state index contributed by atoms with van der Waals surface area (Å²) in [6, 6.07) is 24.3. The van der Waals surface area contributed by atoms with Gasteiger partial charge < -0.3 is 10.2 Å². The molecule has 0 unspecified atom stereocenters. The molecule has 30 heavy (non-hydrogen) atoms. The summed E-state index contributed by atoms with van der Waals surface area (Å²) < 4.78 is 0. The van der Waals surface area contributed by atoms with Crippen LogP contribution < -0.4 is 10.2 Å². The summed E-state index contributed by atoms with van der Waals surface area (Å²) >= 11 is 0. The standard InChI is InChI=1S/C24H21N3O3/c1-26-21-10-6-5-9-19(21)24(23(26)28)15-20(16-7-3-2-4-8-16)25-22(24)17-11-13-18(14-12-17)27(29)30/h2-14,20,22,25H,15H2,1H3/t20-,22-,24+/m0/s1. The van der Waals surface area contributed by atoms with Crippen LogP contribution in [0.1, 0.15) is 35.2 Å². The molecular weight excluding hydrogens is 378 g/mol. The van der Waals surface area contributed by atoms with Crippen LogP contribution in [0, 0.1) is 10.1 Å². The highest BCUT2D eigenvalue weighted by atomic mass is 16.6. The van der Waals surface area contributed by atoms with Gasteiger partial charge in [0.25, 0.3) is 5.69 Å². The van der Waals surface area contributed by atoms with Gasteiger partial charge in [0.1, 0.15) is 0 Å². The van der Waals surface area contributed by atoms with Crippen molar-refractivity contribution in [3.8, 4) is 0 Å². The van der Waals surface area contributed by atoms with Crippen molar-refractivity contribution < 1.29 is 9.72 Å². The highest BCUT2D eigenvalue weighted by molar-refractivity contribution is 6.08. The number of fused-ring (bicyclic) bond motifs is 2. The number of nitrogens with zero attached hydrogens (tertiary/aromatic N) is 2. The Morgan fingerprint density at radius 1 is 0.967 bits per heavy atom. The fourth-order valence-electron chi connectivity index (χ4n) is 5.05. The first-order valence-corrected chi connectivity index (χ1v) is 9.95. The molecule has 2 heterocycles. The van der Waals surface area contributed by atoms with Gasteiger partial charge >= 0.3 is 0 Å². The van der Waals surface area contributed by atoms with Gasteiger partial charge in [-0.05, 0) is 29.2 Å². The largest absolute Gasteiger partial charge is 0.314 e. The lowest BCUT2D eigenvalue weighted by atomic mass is 9.72. The van der Waals surface area contributed by atoms with Gasteiger partial charge in [-0.2, -0.15) is 0 Å². The van der Waals surface area contributed by atoms with Gasteiger partial charge in [0.2, 0.25) is 5.91 Å². The number of para-hydroxylation sites is 1. The fourth-order valence-corrected chi connectivity index (χ4v) is 5.05. The van der Waals surface area contributed by atoms with Crippen molar-refractivity contribution in [1.29, 1.82) is 0 Å². The molecule has 150 valence electrons. The van der Waals surface area contributed by atoms with E-state index >= 15 is 0 Å². The van der Waals surface area contributed by atoms with Crippen molar-refractivity contribution in [3.05, 3.63) is 106 Å². The predicted octanol–water partition coefficient (Wildman–Crippen LogP) is 4.28. The molecule has 3 aromatic rings. The molecule has 3 aromatic carbocycles. The molecule has 1 spiro atoms. The molecule has 0 aromatic heterocycles. The van der Waals surface area contributed by atoms with E-state index in [-0.39, 0.29) is 23.7 Å². The van der Waals surface area contributed by atoms with Gasteiger partial charge in [-0.3, -0.25) is 14.9 Å². The topological polar surface area (TPSA) is 75.5 Å². The molecule has 0 bridgehead atoms. The minimum atomic E-state index is -0.762. The van der Waals surface area contributed by atoms with Gasteiger partial charge in [0.15, 0.2) is 0 Å². The molecule has 1 N–H and O–H groups in total. The van der Waals surface area contributed by atoms with Crippen LogP contribution in [0.4, 0.5) is 11.4 Å². The third-order valence-electron chi connectivity index (χ3n) is 6.46. The van der Waals surface area contributed by atoms with Gasteiger partial charge in [-0.25, -0.2) is 0 Å². The number of amides is 1. The van der Waals surface area contributed by atoms with Crippen LogP contribution >= 0.6 is 0 Å². The Labute approximate surface area is 174 Å². The quantitative estimate of drug-likeness (QED) is 0.527. The van der Waals surface area contributed by atoms with E-state index in [2.05, 4.69) is 17.4 Å². The predicted molar refractivity (Wildman–Crippen MR) is 114 cm³/mol. The summed E-state index contributed by atoms with van der Waals surface area (Å²) in [4.78, 5) is 26.1. The van der Waals surface area contributed by atoms with E-state index in [0.717, 1.165) is 22.4 Å². The molecule has 0 radical (unpaired) electrons. The van der Waals surface area contributed by atoms with Crippen molar-refractivity contribution in [2.24, 2.45) is 0 Å². The number of rotatable bonds is 3. The maximum atomic E-state index is 13.7. The molecule has 6 heteroatoms. The second-order valence-corrected chi connectivity index (χ2v) is 7.97. The molecule has 0 saturated carbocycles. The Morgan fingerprint density at radius 2 is 1.63 bits per heavy atom. The van der Waals surface area contributed by atoms with Gasteiger partial charge in [0.05, 0.1) is 16.4 Å².